The second-order valence-electron chi connectivity index (χ2n) is 3.82. The van der Waals surface area contributed by atoms with Crippen molar-refractivity contribution >= 4 is 27.9 Å². The summed E-state index contributed by atoms with van der Waals surface area (Å²) >= 11 is 0. The Morgan fingerprint density at radius 2 is 1.82 bits per heavy atom. The molecule has 0 spiro atoms. The Balaban J connectivity index is 2.35. The van der Waals surface area contributed by atoms with Crippen molar-refractivity contribution in [1.29, 1.82) is 0 Å². The number of para-hydroxylation sites is 2. The van der Waals surface area contributed by atoms with Crippen LogP contribution in [-0.4, -0.2) is 5.97 Å². The monoisotopic (exact) mass is 226 g/mol. The summed E-state index contributed by atoms with van der Waals surface area (Å²) in [6.07, 6.45) is 0. The Hall–Kier alpha value is -2.29. The van der Waals surface area contributed by atoms with Crippen molar-refractivity contribution in [2.24, 2.45) is 0 Å². The molecule has 0 fully saturated rings. The molecule has 1 aromatic heterocycles. The fraction of sp³-hybridized carbons (Fsp3) is 0.0714. The summed E-state index contributed by atoms with van der Waals surface area (Å²) in [6.45, 7) is 1.38. The molecule has 0 N–H and O–H groups in total. The second kappa shape index (κ2) is 3.63. The van der Waals surface area contributed by atoms with E-state index in [0.29, 0.717) is 11.3 Å². The third kappa shape index (κ3) is 1.56. The number of hydrogen-bond acceptors (Lipinski definition) is 3. The molecule has 3 rings (SSSR count). The molecule has 0 unspecified atom stereocenters. The normalized spacial score (nSPS) is 10.9. The van der Waals surface area contributed by atoms with E-state index in [1.54, 1.807) is 6.07 Å². The Labute approximate surface area is 97.6 Å². The number of rotatable bonds is 1. The molecule has 0 saturated carbocycles. The predicted octanol–water partition coefficient (Wildman–Crippen LogP) is 3.51. The molecule has 3 nitrogen and oxygen atoms in total. The number of hydrogen-bond donors (Lipinski definition) is 0. The molecule has 0 aliphatic rings. The first kappa shape index (κ1) is 9.90. The van der Waals surface area contributed by atoms with Crippen LogP contribution in [0.3, 0.4) is 0 Å². The first-order chi connectivity index (χ1) is 8.25. The molecule has 3 heteroatoms. The first-order valence-corrected chi connectivity index (χ1v) is 5.34. The van der Waals surface area contributed by atoms with Gasteiger partial charge >= 0.3 is 5.97 Å². The van der Waals surface area contributed by atoms with Gasteiger partial charge in [-0.1, -0.05) is 30.3 Å². The summed E-state index contributed by atoms with van der Waals surface area (Å²) in [5.74, 6) is 0.115. The van der Waals surface area contributed by atoms with Gasteiger partial charge in [0, 0.05) is 17.7 Å². The Morgan fingerprint density at radius 3 is 2.65 bits per heavy atom. The van der Waals surface area contributed by atoms with E-state index in [-0.39, 0.29) is 5.97 Å². The maximum absolute atomic E-state index is 11.0. The van der Waals surface area contributed by atoms with E-state index in [0.717, 1.165) is 16.4 Å². The van der Waals surface area contributed by atoms with Crippen LogP contribution in [0, 0.1) is 0 Å². The van der Waals surface area contributed by atoms with E-state index >= 15 is 0 Å². The number of benzene rings is 2. The third-order valence-corrected chi connectivity index (χ3v) is 2.62. The average Bonchev–Trinajstić information content (AvgIpc) is 2.68. The second-order valence-corrected chi connectivity index (χ2v) is 3.82. The molecular formula is C14H10O3. The molecule has 0 aliphatic heterocycles. The topological polar surface area (TPSA) is 39.4 Å². The molecule has 0 atom stereocenters. The quantitative estimate of drug-likeness (QED) is 0.471. The summed E-state index contributed by atoms with van der Waals surface area (Å²) < 4.78 is 10.8. The van der Waals surface area contributed by atoms with Crippen molar-refractivity contribution in [3.05, 3.63) is 42.5 Å². The van der Waals surface area contributed by atoms with Crippen LogP contribution in [-0.2, 0) is 4.79 Å². The highest BCUT2D eigenvalue weighted by molar-refractivity contribution is 6.07. The van der Waals surface area contributed by atoms with Crippen LogP contribution in [0.2, 0.25) is 0 Å². The lowest BCUT2D eigenvalue weighted by Gasteiger charge is -2.00. The van der Waals surface area contributed by atoms with Crippen LogP contribution in [0.5, 0.6) is 5.75 Å². The van der Waals surface area contributed by atoms with Crippen LogP contribution < -0.4 is 4.74 Å². The van der Waals surface area contributed by atoms with Gasteiger partial charge in [-0.05, 0) is 12.1 Å². The van der Waals surface area contributed by atoms with Crippen molar-refractivity contribution < 1.29 is 13.9 Å². The summed E-state index contributed by atoms with van der Waals surface area (Å²) in [4.78, 5) is 11.0. The summed E-state index contributed by atoms with van der Waals surface area (Å²) in [5, 5.41) is 1.98. The highest BCUT2D eigenvalue weighted by Crippen LogP contribution is 2.34. The van der Waals surface area contributed by atoms with Gasteiger partial charge in [-0.2, -0.15) is 0 Å². The molecule has 0 bridgehead atoms. The van der Waals surface area contributed by atoms with E-state index in [2.05, 4.69) is 0 Å². The highest BCUT2D eigenvalue weighted by Gasteiger charge is 2.11. The van der Waals surface area contributed by atoms with Gasteiger partial charge in [-0.3, -0.25) is 4.79 Å². The number of ether oxygens (including phenoxy) is 1. The van der Waals surface area contributed by atoms with Crippen LogP contribution in [0.15, 0.2) is 46.9 Å². The van der Waals surface area contributed by atoms with Gasteiger partial charge in [-0.25, -0.2) is 0 Å². The third-order valence-electron chi connectivity index (χ3n) is 2.62. The van der Waals surface area contributed by atoms with Crippen molar-refractivity contribution in [2.45, 2.75) is 6.92 Å². The zero-order valence-corrected chi connectivity index (χ0v) is 9.27. The Bertz CT molecular complexity index is 710. The van der Waals surface area contributed by atoms with Gasteiger partial charge in [-0.15, -0.1) is 0 Å². The summed E-state index contributed by atoms with van der Waals surface area (Å²) in [7, 11) is 0. The minimum atomic E-state index is -0.349. The van der Waals surface area contributed by atoms with Crippen molar-refractivity contribution in [3.63, 3.8) is 0 Å². The Kier molecular flexibility index (Phi) is 2.11. The molecule has 17 heavy (non-hydrogen) atoms. The number of esters is 1. The van der Waals surface area contributed by atoms with Crippen LogP contribution >= 0.6 is 0 Å². The van der Waals surface area contributed by atoms with E-state index in [1.807, 2.05) is 36.4 Å². The molecule has 1 heterocycles. The molecule has 0 amide bonds. The minimum absolute atomic E-state index is 0.349. The van der Waals surface area contributed by atoms with Crippen molar-refractivity contribution in [2.75, 3.05) is 0 Å². The molecule has 0 radical (unpaired) electrons. The fourth-order valence-corrected chi connectivity index (χ4v) is 1.96. The first-order valence-electron chi connectivity index (χ1n) is 5.34. The van der Waals surface area contributed by atoms with Gasteiger partial charge in [0.1, 0.15) is 5.58 Å². The maximum atomic E-state index is 11.0. The SMILES string of the molecule is CC(=O)Oc1cccc2c1oc1ccccc12. The van der Waals surface area contributed by atoms with Gasteiger partial charge in [0.15, 0.2) is 11.3 Å². The smallest absolute Gasteiger partial charge is 0.308 e. The van der Waals surface area contributed by atoms with Gasteiger partial charge in [0.05, 0.1) is 0 Å². The lowest BCUT2D eigenvalue weighted by Crippen LogP contribution is -2.01. The zero-order chi connectivity index (χ0) is 11.8. The average molecular weight is 226 g/mol. The van der Waals surface area contributed by atoms with Gasteiger partial charge in [0.2, 0.25) is 0 Å². The lowest BCUT2D eigenvalue weighted by molar-refractivity contribution is -0.131. The van der Waals surface area contributed by atoms with Crippen LogP contribution in [0.1, 0.15) is 6.92 Å². The number of furan rings is 1. The fourth-order valence-electron chi connectivity index (χ4n) is 1.96. The van der Waals surface area contributed by atoms with Crippen LogP contribution in [0.25, 0.3) is 21.9 Å². The molecule has 84 valence electrons. The minimum Gasteiger partial charge on any atom is -0.452 e. The number of carbonyl (C=O) groups excluding carboxylic acids is 1. The lowest BCUT2D eigenvalue weighted by atomic mass is 10.1. The van der Waals surface area contributed by atoms with E-state index in [9.17, 15) is 4.79 Å². The zero-order valence-electron chi connectivity index (χ0n) is 9.27. The van der Waals surface area contributed by atoms with Crippen LogP contribution in [0.4, 0.5) is 0 Å². The number of fused-ring (bicyclic) bond motifs is 3. The Morgan fingerprint density at radius 1 is 1.06 bits per heavy atom. The summed E-state index contributed by atoms with van der Waals surface area (Å²) in [5.41, 5.74) is 1.41. The van der Waals surface area contributed by atoms with E-state index in [1.165, 1.54) is 6.92 Å². The summed E-state index contributed by atoms with van der Waals surface area (Å²) in [6, 6.07) is 13.3. The highest BCUT2D eigenvalue weighted by atomic mass is 16.5. The molecule has 2 aromatic carbocycles. The van der Waals surface area contributed by atoms with Gasteiger partial charge in [0.25, 0.3) is 0 Å². The largest absolute Gasteiger partial charge is 0.452 e. The molecule has 0 aliphatic carbocycles. The standard InChI is InChI=1S/C14H10O3/c1-9(15)16-13-8-4-6-11-10-5-2-3-7-12(10)17-14(11)13/h2-8H,1H3. The van der Waals surface area contributed by atoms with Crippen molar-refractivity contribution in [1.82, 2.24) is 0 Å². The van der Waals surface area contributed by atoms with E-state index < -0.39 is 0 Å². The van der Waals surface area contributed by atoms with Crippen molar-refractivity contribution in [3.8, 4) is 5.75 Å². The maximum Gasteiger partial charge on any atom is 0.308 e. The van der Waals surface area contributed by atoms with E-state index in [4.69, 9.17) is 9.15 Å². The molecule has 3 aromatic rings. The number of carbonyl (C=O) groups is 1. The predicted molar refractivity (Wildman–Crippen MR) is 65.0 cm³/mol. The van der Waals surface area contributed by atoms with Gasteiger partial charge < -0.3 is 9.15 Å². The molecular weight excluding hydrogens is 216 g/mol. The molecule has 0 saturated heterocycles.